The largest absolute Gasteiger partial charge is 0.462 e. The molecule has 0 fully saturated rings. The van der Waals surface area contributed by atoms with Crippen LogP contribution in [0.2, 0.25) is 0 Å². The normalized spacial score (nSPS) is 13.0. The van der Waals surface area contributed by atoms with Gasteiger partial charge in [-0.2, -0.15) is 0 Å². The van der Waals surface area contributed by atoms with Gasteiger partial charge >= 0.3 is 17.9 Å². The SMILES string of the molecule is CC/C=C\C/C=C\C/C=C\C/C=C\C/C=C\CCCC(=O)OCC(COC(=O)CCCCCCCCCCCCCC)OC(=O)CCC/C=C\C/C=C\C/C=C\C/C=C\CCCCC. The van der Waals surface area contributed by atoms with Crippen LogP contribution in [0.3, 0.4) is 0 Å². The molecule has 0 aromatic rings. The van der Waals surface area contributed by atoms with Crippen LogP contribution in [-0.2, 0) is 28.6 Å². The fourth-order valence-electron chi connectivity index (χ4n) is 6.65. The highest BCUT2D eigenvalue weighted by Crippen LogP contribution is 2.13. The zero-order chi connectivity index (χ0) is 46.5. The molecule has 6 heteroatoms. The highest BCUT2D eigenvalue weighted by molar-refractivity contribution is 5.71. The summed E-state index contributed by atoms with van der Waals surface area (Å²) < 4.78 is 16.7. The van der Waals surface area contributed by atoms with Crippen LogP contribution >= 0.6 is 0 Å². The predicted octanol–water partition coefficient (Wildman–Crippen LogP) is 17.1. The Hall–Kier alpha value is -3.93. The van der Waals surface area contributed by atoms with Crippen molar-refractivity contribution in [1.29, 1.82) is 0 Å². The maximum absolute atomic E-state index is 12.8. The first-order chi connectivity index (χ1) is 31.5. The van der Waals surface area contributed by atoms with E-state index in [0.29, 0.717) is 19.3 Å². The maximum atomic E-state index is 12.8. The molecule has 0 aliphatic carbocycles. The molecule has 0 aromatic carbocycles. The Morgan fingerprint density at radius 3 is 1.02 bits per heavy atom. The van der Waals surface area contributed by atoms with Gasteiger partial charge in [0.2, 0.25) is 0 Å². The second kappa shape index (κ2) is 51.7. The minimum atomic E-state index is -0.829. The monoisotopic (exact) mass is 887 g/mol. The van der Waals surface area contributed by atoms with Crippen molar-refractivity contribution in [1.82, 2.24) is 0 Å². The smallest absolute Gasteiger partial charge is 0.306 e. The quantitative estimate of drug-likeness (QED) is 0.0262. The van der Waals surface area contributed by atoms with Gasteiger partial charge in [-0.1, -0.05) is 214 Å². The van der Waals surface area contributed by atoms with Gasteiger partial charge in [-0.3, -0.25) is 14.4 Å². The summed E-state index contributed by atoms with van der Waals surface area (Å²) >= 11 is 0. The van der Waals surface area contributed by atoms with Gasteiger partial charge in [0.15, 0.2) is 6.10 Å². The molecule has 0 N–H and O–H groups in total. The summed E-state index contributed by atoms with van der Waals surface area (Å²) in [6.45, 7) is 6.38. The molecular formula is C58H94O6. The van der Waals surface area contributed by atoms with E-state index in [0.717, 1.165) is 83.5 Å². The molecule has 0 spiro atoms. The van der Waals surface area contributed by atoms with Crippen molar-refractivity contribution in [3.8, 4) is 0 Å². The molecule has 1 unspecified atom stereocenters. The molecule has 6 nitrogen and oxygen atoms in total. The van der Waals surface area contributed by atoms with E-state index in [1.807, 2.05) is 0 Å². The minimum Gasteiger partial charge on any atom is -0.462 e. The van der Waals surface area contributed by atoms with Gasteiger partial charge in [0.1, 0.15) is 13.2 Å². The molecule has 1 atom stereocenters. The van der Waals surface area contributed by atoms with E-state index in [9.17, 15) is 14.4 Å². The first-order valence-corrected chi connectivity index (χ1v) is 25.9. The molecule has 0 saturated carbocycles. The topological polar surface area (TPSA) is 78.9 Å². The average molecular weight is 887 g/mol. The van der Waals surface area contributed by atoms with E-state index >= 15 is 0 Å². The van der Waals surface area contributed by atoms with E-state index in [2.05, 4.69) is 130 Å². The van der Waals surface area contributed by atoms with Crippen LogP contribution in [0.5, 0.6) is 0 Å². The van der Waals surface area contributed by atoms with Gasteiger partial charge in [-0.15, -0.1) is 0 Å². The lowest BCUT2D eigenvalue weighted by Gasteiger charge is -2.18. The van der Waals surface area contributed by atoms with E-state index in [-0.39, 0.29) is 44.0 Å². The Morgan fingerprint density at radius 2 is 0.625 bits per heavy atom. The minimum absolute atomic E-state index is 0.118. The number of rotatable bonds is 45. The number of allylic oxidation sites excluding steroid dienone is 18. The molecule has 0 bridgehead atoms. The van der Waals surface area contributed by atoms with Crippen molar-refractivity contribution in [2.24, 2.45) is 0 Å². The van der Waals surface area contributed by atoms with Gasteiger partial charge in [0, 0.05) is 19.3 Å². The molecule has 362 valence electrons. The third-order valence-corrected chi connectivity index (χ3v) is 10.5. The van der Waals surface area contributed by atoms with E-state index in [4.69, 9.17) is 14.2 Å². The third-order valence-electron chi connectivity index (χ3n) is 10.5. The summed E-state index contributed by atoms with van der Waals surface area (Å²) in [5.41, 5.74) is 0. The van der Waals surface area contributed by atoms with E-state index < -0.39 is 6.10 Å². The molecule has 64 heavy (non-hydrogen) atoms. The van der Waals surface area contributed by atoms with Gasteiger partial charge in [0.25, 0.3) is 0 Å². The first-order valence-electron chi connectivity index (χ1n) is 25.9. The fraction of sp³-hybridized carbons (Fsp3) is 0.638. The zero-order valence-corrected chi connectivity index (χ0v) is 41.3. The summed E-state index contributed by atoms with van der Waals surface area (Å²) in [6.07, 6.45) is 69.4. The Morgan fingerprint density at radius 1 is 0.328 bits per heavy atom. The molecule has 0 aliphatic heterocycles. The Balaban J connectivity index is 4.58. The Kier molecular flexibility index (Phi) is 48.5. The molecule has 0 rings (SSSR count). The fourth-order valence-corrected chi connectivity index (χ4v) is 6.65. The van der Waals surface area contributed by atoms with Crippen LogP contribution in [0.15, 0.2) is 109 Å². The lowest BCUT2D eigenvalue weighted by atomic mass is 10.0. The number of hydrogen-bond acceptors (Lipinski definition) is 6. The van der Waals surface area contributed by atoms with Crippen LogP contribution in [0.4, 0.5) is 0 Å². The van der Waals surface area contributed by atoms with Crippen molar-refractivity contribution < 1.29 is 28.6 Å². The zero-order valence-electron chi connectivity index (χ0n) is 41.3. The lowest BCUT2D eigenvalue weighted by Crippen LogP contribution is -2.30. The number of esters is 3. The predicted molar refractivity (Wildman–Crippen MR) is 274 cm³/mol. The summed E-state index contributed by atoms with van der Waals surface area (Å²) in [5.74, 6) is -1.04. The molecule has 0 heterocycles. The Labute approximate surface area is 393 Å². The molecular weight excluding hydrogens is 793 g/mol. The number of ether oxygens (including phenoxy) is 3. The molecule has 0 radical (unpaired) electrons. The van der Waals surface area contributed by atoms with E-state index in [1.165, 1.54) is 83.5 Å². The van der Waals surface area contributed by atoms with Crippen LogP contribution in [0.25, 0.3) is 0 Å². The Bertz CT molecular complexity index is 1340. The van der Waals surface area contributed by atoms with Crippen molar-refractivity contribution in [2.75, 3.05) is 13.2 Å². The highest BCUT2D eigenvalue weighted by atomic mass is 16.6. The maximum Gasteiger partial charge on any atom is 0.306 e. The number of hydrogen-bond donors (Lipinski definition) is 0. The van der Waals surface area contributed by atoms with Crippen LogP contribution in [-0.4, -0.2) is 37.2 Å². The van der Waals surface area contributed by atoms with Crippen molar-refractivity contribution in [2.45, 2.75) is 226 Å². The molecule has 0 aliphatic rings. The summed E-state index contributed by atoms with van der Waals surface area (Å²) in [4.78, 5) is 37.9. The summed E-state index contributed by atoms with van der Waals surface area (Å²) in [7, 11) is 0. The van der Waals surface area contributed by atoms with Crippen molar-refractivity contribution >= 4 is 17.9 Å². The molecule has 0 saturated heterocycles. The van der Waals surface area contributed by atoms with Crippen LogP contribution < -0.4 is 0 Å². The standard InChI is InChI=1S/C58H94O6/c1-4-7-10-13-16-19-22-25-27-29-31-33-36-39-42-45-48-51-57(60)63-54-55(53-62-56(59)50-47-44-41-38-35-24-21-18-15-12-9-6-3)64-58(61)52-49-46-43-40-37-34-32-30-28-26-23-20-17-14-11-8-5-2/h7,10,16-17,19-20,25-28,31-34,39-40,42-43,55H,4-6,8-9,11-15,18,21-24,29-30,35-38,41,44-54H2,1-3H3/b10-7-,19-16-,20-17-,27-25-,28-26-,33-31-,34-32-,42-39-,43-40-. The van der Waals surface area contributed by atoms with Crippen LogP contribution in [0, 0.1) is 0 Å². The summed E-state index contributed by atoms with van der Waals surface area (Å²) in [6, 6.07) is 0. The van der Waals surface area contributed by atoms with Crippen molar-refractivity contribution in [3.05, 3.63) is 109 Å². The summed E-state index contributed by atoms with van der Waals surface area (Å²) in [5, 5.41) is 0. The van der Waals surface area contributed by atoms with E-state index in [1.54, 1.807) is 0 Å². The second-order valence-corrected chi connectivity index (χ2v) is 16.7. The molecule has 0 aromatic heterocycles. The lowest BCUT2D eigenvalue weighted by molar-refractivity contribution is -0.167. The van der Waals surface area contributed by atoms with Gasteiger partial charge in [-0.05, 0) is 96.3 Å². The second-order valence-electron chi connectivity index (χ2n) is 16.7. The average Bonchev–Trinajstić information content (AvgIpc) is 3.29. The third kappa shape index (κ3) is 49.1. The van der Waals surface area contributed by atoms with Gasteiger partial charge in [-0.25, -0.2) is 0 Å². The number of carbonyl (C=O) groups is 3. The highest BCUT2D eigenvalue weighted by Gasteiger charge is 2.19. The van der Waals surface area contributed by atoms with Crippen LogP contribution in [0.1, 0.15) is 220 Å². The molecule has 0 amide bonds. The van der Waals surface area contributed by atoms with Crippen molar-refractivity contribution in [3.63, 3.8) is 0 Å². The first kappa shape index (κ1) is 60.1. The number of carbonyl (C=O) groups excluding carboxylic acids is 3. The van der Waals surface area contributed by atoms with Gasteiger partial charge < -0.3 is 14.2 Å². The number of unbranched alkanes of at least 4 members (excludes halogenated alkanes) is 16. The van der Waals surface area contributed by atoms with Gasteiger partial charge in [0.05, 0.1) is 0 Å².